The maximum atomic E-state index is 14.3. The van der Waals surface area contributed by atoms with Crippen LogP contribution in [0.5, 0.6) is 17.2 Å². The first kappa shape index (κ1) is 34.8. The molecule has 0 heterocycles. The van der Waals surface area contributed by atoms with Crippen LogP contribution >= 0.6 is 23.2 Å². The van der Waals surface area contributed by atoms with E-state index in [0.29, 0.717) is 16.3 Å². The summed E-state index contributed by atoms with van der Waals surface area (Å²) in [6.45, 7) is 6.34. The van der Waals surface area contributed by atoms with Crippen molar-refractivity contribution in [3.63, 3.8) is 0 Å². The number of hydrogen-bond donors (Lipinski definition) is 1. The van der Waals surface area contributed by atoms with E-state index in [0.717, 1.165) is 4.31 Å². The van der Waals surface area contributed by atoms with E-state index in [1.54, 1.807) is 31.2 Å². The number of rotatable bonds is 12. The largest absolute Gasteiger partial charge is 0.495 e. The summed E-state index contributed by atoms with van der Waals surface area (Å²) in [6, 6.07) is 14.4. The molecule has 0 bridgehead atoms. The van der Waals surface area contributed by atoms with Gasteiger partial charge in [-0.15, -0.1) is 0 Å². The predicted octanol–water partition coefficient (Wildman–Crippen LogP) is 5.55. The average molecular weight is 667 g/mol. The van der Waals surface area contributed by atoms with Crippen molar-refractivity contribution in [3.8, 4) is 17.2 Å². The third-order valence-electron chi connectivity index (χ3n) is 6.54. The molecule has 1 N–H and O–H groups in total. The van der Waals surface area contributed by atoms with Crippen LogP contribution in [0.2, 0.25) is 10.0 Å². The number of carbonyl (C=O) groups is 2. The van der Waals surface area contributed by atoms with Crippen molar-refractivity contribution >= 4 is 50.7 Å². The summed E-state index contributed by atoms with van der Waals surface area (Å²) in [6.07, 6.45) is 0. The van der Waals surface area contributed by atoms with Crippen LogP contribution in [0.4, 0.5) is 5.69 Å². The van der Waals surface area contributed by atoms with Gasteiger partial charge in [0.2, 0.25) is 11.8 Å². The Kier molecular flexibility index (Phi) is 11.4. The van der Waals surface area contributed by atoms with Gasteiger partial charge >= 0.3 is 0 Å². The molecule has 0 aromatic heterocycles. The lowest BCUT2D eigenvalue weighted by atomic mass is 10.1. The van der Waals surface area contributed by atoms with Crippen LogP contribution in [0.25, 0.3) is 0 Å². The Bertz CT molecular complexity index is 1610. The van der Waals surface area contributed by atoms with Crippen LogP contribution in [0.1, 0.15) is 33.3 Å². The lowest BCUT2D eigenvalue weighted by Gasteiger charge is -2.33. The zero-order valence-electron chi connectivity index (χ0n) is 25.7. The van der Waals surface area contributed by atoms with E-state index in [4.69, 9.17) is 37.4 Å². The van der Waals surface area contributed by atoms with E-state index < -0.39 is 40.0 Å². The number of benzene rings is 3. The van der Waals surface area contributed by atoms with Crippen molar-refractivity contribution in [3.05, 3.63) is 76.3 Å². The second kappa shape index (κ2) is 14.4. The molecule has 0 aliphatic rings. The van der Waals surface area contributed by atoms with Gasteiger partial charge in [-0.2, -0.15) is 0 Å². The molecule has 0 fully saturated rings. The molecule has 238 valence electrons. The SMILES string of the molecule is COc1ccc(S(=O)(=O)N(CC(=O)N(Cc2cccc(Cl)c2)C(C)C(=O)NC(C)(C)C)c2cc(Cl)ccc2OC)cc1OC. The van der Waals surface area contributed by atoms with E-state index >= 15 is 0 Å². The Labute approximate surface area is 268 Å². The highest BCUT2D eigenvalue weighted by atomic mass is 35.5. The third kappa shape index (κ3) is 8.49. The lowest BCUT2D eigenvalue weighted by molar-refractivity contribution is -0.140. The first-order valence-corrected chi connectivity index (χ1v) is 15.7. The van der Waals surface area contributed by atoms with E-state index in [1.807, 2.05) is 20.8 Å². The highest BCUT2D eigenvalue weighted by Gasteiger charge is 2.35. The highest BCUT2D eigenvalue weighted by Crippen LogP contribution is 2.37. The molecule has 0 aliphatic carbocycles. The molecule has 3 aromatic carbocycles. The Morgan fingerprint density at radius 1 is 0.864 bits per heavy atom. The maximum absolute atomic E-state index is 14.3. The van der Waals surface area contributed by atoms with E-state index in [9.17, 15) is 18.0 Å². The number of halogens is 2. The Hall–Kier alpha value is -3.67. The minimum Gasteiger partial charge on any atom is -0.495 e. The number of carbonyl (C=O) groups excluding carboxylic acids is 2. The monoisotopic (exact) mass is 665 g/mol. The topological polar surface area (TPSA) is 114 Å². The zero-order valence-corrected chi connectivity index (χ0v) is 28.0. The van der Waals surface area contributed by atoms with Crippen molar-refractivity contribution < 1.29 is 32.2 Å². The molecule has 0 spiro atoms. The molecule has 3 rings (SSSR count). The molecular formula is C31H37Cl2N3O7S. The molecule has 0 saturated carbocycles. The number of amides is 2. The minimum atomic E-state index is -4.45. The van der Waals surface area contributed by atoms with E-state index in [-0.39, 0.29) is 33.6 Å². The zero-order chi connectivity index (χ0) is 32.8. The first-order chi connectivity index (χ1) is 20.6. The minimum absolute atomic E-state index is 0.0188. The molecular weight excluding hydrogens is 629 g/mol. The van der Waals surface area contributed by atoms with Gasteiger partial charge in [0.05, 0.1) is 31.9 Å². The highest BCUT2D eigenvalue weighted by molar-refractivity contribution is 7.92. The van der Waals surface area contributed by atoms with Gasteiger partial charge in [0, 0.05) is 28.2 Å². The number of hydrogen-bond acceptors (Lipinski definition) is 7. The summed E-state index contributed by atoms with van der Waals surface area (Å²) in [4.78, 5) is 28.6. The number of nitrogens with one attached hydrogen (secondary N) is 1. The van der Waals surface area contributed by atoms with Crippen molar-refractivity contribution in [2.45, 2.75) is 50.7 Å². The molecule has 13 heteroatoms. The first-order valence-electron chi connectivity index (χ1n) is 13.6. The Balaban J connectivity index is 2.16. The number of anilines is 1. The quantitative estimate of drug-likeness (QED) is 0.270. The summed E-state index contributed by atoms with van der Waals surface area (Å²) in [5.41, 5.74) is 0.0982. The van der Waals surface area contributed by atoms with Gasteiger partial charge in [-0.1, -0.05) is 35.3 Å². The maximum Gasteiger partial charge on any atom is 0.265 e. The van der Waals surface area contributed by atoms with Crippen LogP contribution < -0.4 is 23.8 Å². The Morgan fingerprint density at radius 3 is 2.07 bits per heavy atom. The molecule has 10 nitrogen and oxygen atoms in total. The average Bonchev–Trinajstić information content (AvgIpc) is 2.96. The van der Waals surface area contributed by atoms with E-state index in [2.05, 4.69) is 5.32 Å². The second-order valence-corrected chi connectivity index (χ2v) is 13.6. The van der Waals surface area contributed by atoms with Gasteiger partial charge in [0.1, 0.15) is 18.3 Å². The van der Waals surface area contributed by atoms with Gasteiger partial charge in [0.15, 0.2) is 11.5 Å². The van der Waals surface area contributed by atoms with Crippen molar-refractivity contribution in [1.82, 2.24) is 10.2 Å². The van der Waals surface area contributed by atoms with Gasteiger partial charge in [-0.3, -0.25) is 13.9 Å². The van der Waals surface area contributed by atoms with Gasteiger partial charge in [-0.05, 0) is 75.7 Å². The third-order valence-corrected chi connectivity index (χ3v) is 8.76. The fourth-order valence-corrected chi connectivity index (χ4v) is 6.18. The van der Waals surface area contributed by atoms with E-state index in [1.165, 1.54) is 62.6 Å². The fraction of sp³-hybridized carbons (Fsp3) is 0.355. The van der Waals surface area contributed by atoms with Gasteiger partial charge in [-0.25, -0.2) is 8.42 Å². The molecule has 0 radical (unpaired) electrons. The van der Waals surface area contributed by atoms with Crippen LogP contribution in [0.3, 0.4) is 0 Å². The fourth-order valence-electron chi connectivity index (χ4n) is 4.36. The molecule has 2 amide bonds. The molecule has 1 unspecified atom stereocenters. The molecule has 1 atom stereocenters. The number of sulfonamides is 1. The summed E-state index contributed by atoms with van der Waals surface area (Å²) in [7, 11) is -0.267. The van der Waals surface area contributed by atoms with Crippen molar-refractivity contribution in [1.29, 1.82) is 0 Å². The normalized spacial score (nSPS) is 12.2. The molecule has 0 saturated heterocycles. The van der Waals surface area contributed by atoms with Crippen LogP contribution in [0.15, 0.2) is 65.6 Å². The standard InChI is InChI=1S/C31H37Cl2N3O7S/c1-20(30(38)34-31(2,3)4)35(18-21-9-8-10-22(32)15-21)29(37)19-36(25-16-23(33)11-13-26(25)41-5)44(39,40)24-12-14-27(42-6)28(17-24)43-7/h8-17,20H,18-19H2,1-7H3,(H,34,38). The van der Waals surface area contributed by atoms with Crippen molar-refractivity contribution in [2.24, 2.45) is 0 Å². The number of methoxy groups -OCH3 is 3. The molecule has 3 aromatic rings. The van der Waals surface area contributed by atoms with Crippen LogP contribution in [-0.4, -0.2) is 64.6 Å². The van der Waals surface area contributed by atoms with Gasteiger partial charge in [0.25, 0.3) is 10.0 Å². The summed E-state index contributed by atoms with van der Waals surface area (Å²) < 4.78 is 45.6. The smallest absolute Gasteiger partial charge is 0.265 e. The number of ether oxygens (including phenoxy) is 3. The summed E-state index contributed by atoms with van der Waals surface area (Å²) in [5.74, 6) is -0.421. The summed E-state index contributed by atoms with van der Waals surface area (Å²) >= 11 is 12.5. The second-order valence-electron chi connectivity index (χ2n) is 10.9. The van der Waals surface area contributed by atoms with Crippen LogP contribution in [0, 0.1) is 0 Å². The van der Waals surface area contributed by atoms with Gasteiger partial charge < -0.3 is 24.4 Å². The predicted molar refractivity (Wildman–Crippen MR) is 171 cm³/mol. The van der Waals surface area contributed by atoms with Crippen molar-refractivity contribution in [2.75, 3.05) is 32.2 Å². The van der Waals surface area contributed by atoms with Crippen LogP contribution in [-0.2, 0) is 26.2 Å². The summed E-state index contributed by atoms with van der Waals surface area (Å²) in [5, 5.41) is 3.55. The lowest BCUT2D eigenvalue weighted by Crippen LogP contribution is -2.54. The number of nitrogens with zero attached hydrogens (tertiary/aromatic N) is 2. The Morgan fingerprint density at radius 2 is 1.48 bits per heavy atom. The molecule has 44 heavy (non-hydrogen) atoms. The molecule has 0 aliphatic heterocycles.